The smallest absolute Gasteiger partial charge is 0.404 e. The monoisotopic (exact) mass is 377 g/mol. The van der Waals surface area contributed by atoms with Gasteiger partial charge in [0, 0.05) is 36.3 Å². The van der Waals surface area contributed by atoms with E-state index in [1.165, 1.54) is 0 Å². The molecule has 7 nitrogen and oxygen atoms in total. The van der Waals surface area contributed by atoms with Gasteiger partial charge in [0.05, 0.1) is 4.90 Å². The van der Waals surface area contributed by atoms with E-state index in [4.69, 9.17) is 5.11 Å². The van der Waals surface area contributed by atoms with Crippen molar-refractivity contribution in [3.8, 4) is 0 Å². The van der Waals surface area contributed by atoms with Crippen molar-refractivity contribution in [1.82, 2.24) is 15.0 Å². The predicted molar refractivity (Wildman–Crippen MR) is 98.4 cm³/mol. The maximum Gasteiger partial charge on any atom is 0.404 e. The Morgan fingerprint density at radius 1 is 1.12 bits per heavy atom. The average molecular weight is 377 g/mol. The lowest BCUT2D eigenvalue weighted by Crippen LogP contribution is -2.34. The molecule has 1 saturated carbocycles. The van der Waals surface area contributed by atoms with Crippen LogP contribution in [0.5, 0.6) is 0 Å². The summed E-state index contributed by atoms with van der Waals surface area (Å²) in [5, 5.41) is 12.5. The van der Waals surface area contributed by atoms with Gasteiger partial charge in [-0.05, 0) is 49.7 Å². The van der Waals surface area contributed by atoms with Crippen LogP contribution in [-0.2, 0) is 10.0 Å². The highest BCUT2D eigenvalue weighted by atomic mass is 32.2. The number of aromatic nitrogens is 1. The molecule has 26 heavy (non-hydrogen) atoms. The van der Waals surface area contributed by atoms with E-state index in [1.54, 1.807) is 30.6 Å². The largest absolute Gasteiger partial charge is 0.465 e. The van der Waals surface area contributed by atoms with Crippen LogP contribution in [0.2, 0.25) is 0 Å². The van der Waals surface area contributed by atoms with Crippen molar-refractivity contribution < 1.29 is 18.3 Å². The molecule has 0 unspecified atom stereocenters. The van der Waals surface area contributed by atoms with Crippen LogP contribution in [-0.4, -0.2) is 37.7 Å². The van der Waals surface area contributed by atoms with Crippen molar-refractivity contribution >= 4 is 26.9 Å². The highest BCUT2D eigenvalue weighted by molar-refractivity contribution is 7.89. The molecular weight excluding hydrogens is 354 g/mol. The van der Waals surface area contributed by atoms with Crippen molar-refractivity contribution in [2.45, 2.75) is 30.6 Å². The summed E-state index contributed by atoms with van der Waals surface area (Å²) < 4.78 is 28.2. The second-order valence-electron chi connectivity index (χ2n) is 6.78. The first-order valence-corrected chi connectivity index (χ1v) is 10.2. The number of hydrogen-bond acceptors (Lipinski definition) is 4. The van der Waals surface area contributed by atoms with Gasteiger partial charge in [-0.2, -0.15) is 0 Å². The van der Waals surface area contributed by atoms with E-state index in [0.29, 0.717) is 24.4 Å². The molecule has 3 N–H and O–H groups in total. The summed E-state index contributed by atoms with van der Waals surface area (Å²) in [6, 6.07) is 6.89. The van der Waals surface area contributed by atoms with E-state index in [9.17, 15) is 13.2 Å². The molecule has 1 fully saturated rings. The third-order valence-electron chi connectivity index (χ3n) is 5.00. The number of carbonyl (C=O) groups is 1. The summed E-state index contributed by atoms with van der Waals surface area (Å²) in [7, 11) is -3.59. The summed E-state index contributed by atoms with van der Waals surface area (Å²) in [6.07, 6.45) is 5.86. The minimum absolute atomic E-state index is 0.275. The second kappa shape index (κ2) is 8.01. The topological polar surface area (TPSA) is 108 Å². The molecule has 3 rings (SSSR count). The Kier molecular flexibility index (Phi) is 5.73. The lowest BCUT2D eigenvalue weighted by molar-refractivity contribution is 0.188. The Hall–Kier alpha value is -2.19. The number of fused-ring (bicyclic) bond motifs is 1. The van der Waals surface area contributed by atoms with Crippen molar-refractivity contribution in [1.29, 1.82) is 0 Å². The van der Waals surface area contributed by atoms with Gasteiger partial charge in [0.1, 0.15) is 0 Å². The zero-order valence-electron chi connectivity index (χ0n) is 14.4. The molecule has 8 heteroatoms. The number of sulfonamides is 1. The third kappa shape index (κ3) is 4.50. The highest BCUT2D eigenvalue weighted by Gasteiger charge is 2.24. The van der Waals surface area contributed by atoms with Gasteiger partial charge in [0.15, 0.2) is 0 Å². The summed E-state index contributed by atoms with van der Waals surface area (Å²) in [5.41, 5.74) is 0. The first kappa shape index (κ1) is 18.6. The van der Waals surface area contributed by atoms with Gasteiger partial charge in [0.25, 0.3) is 0 Å². The number of rotatable bonds is 6. The molecule has 1 aromatic heterocycles. The summed E-state index contributed by atoms with van der Waals surface area (Å²) in [6.45, 7) is 0.876. The maximum atomic E-state index is 12.7. The van der Waals surface area contributed by atoms with E-state index in [1.807, 2.05) is 6.07 Å². The molecule has 1 aliphatic carbocycles. The predicted octanol–water partition coefficient (Wildman–Crippen LogP) is 2.59. The maximum absolute atomic E-state index is 12.7. The first-order valence-electron chi connectivity index (χ1n) is 8.75. The van der Waals surface area contributed by atoms with E-state index in [2.05, 4.69) is 15.0 Å². The number of benzene rings is 1. The normalized spacial score (nSPS) is 20.8. The molecule has 2 aromatic rings. The second-order valence-corrected chi connectivity index (χ2v) is 8.51. The number of amides is 1. The van der Waals surface area contributed by atoms with Gasteiger partial charge in [-0.3, -0.25) is 4.98 Å². The Morgan fingerprint density at radius 2 is 1.81 bits per heavy atom. The molecule has 1 heterocycles. The van der Waals surface area contributed by atoms with Crippen LogP contribution in [0, 0.1) is 11.8 Å². The van der Waals surface area contributed by atoms with E-state index in [-0.39, 0.29) is 10.8 Å². The highest BCUT2D eigenvalue weighted by Crippen LogP contribution is 2.28. The van der Waals surface area contributed by atoms with Gasteiger partial charge in [-0.15, -0.1) is 0 Å². The van der Waals surface area contributed by atoms with Crippen molar-refractivity contribution in [3.05, 3.63) is 36.7 Å². The van der Waals surface area contributed by atoms with Crippen molar-refractivity contribution in [2.24, 2.45) is 11.8 Å². The van der Waals surface area contributed by atoms with Gasteiger partial charge >= 0.3 is 6.09 Å². The molecule has 1 aliphatic rings. The van der Waals surface area contributed by atoms with E-state index < -0.39 is 16.1 Å². The first-order chi connectivity index (χ1) is 12.5. The molecule has 0 radical (unpaired) electrons. The quantitative estimate of drug-likeness (QED) is 0.717. The molecule has 0 atom stereocenters. The van der Waals surface area contributed by atoms with Gasteiger partial charge in [0.2, 0.25) is 10.0 Å². The Labute approximate surface area is 152 Å². The molecule has 0 bridgehead atoms. The van der Waals surface area contributed by atoms with Crippen LogP contribution in [0.1, 0.15) is 25.7 Å². The lowest BCUT2D eigenvalue weighted by atomic mass is 9.82. The lowest BCUT2D eigenvalue weighted by Gasteiger charge is -2.28. The van der Waals surface area contributed by atoms with Crippen LogP contribution in [0.15, 0.2) is 41.6 Å². The number of carboxylic acid groups (broad SMARTS) is 1. The molecule has 0 spiro atoms. The molecule has 0 aliphatic heterocycles. The zero-order chi connectivity index (χ0) is 18.6. The van der Waals surface area contributed by atoms with Crippen LogP contribution in [0.4, 0.5) is 4.79 Å². The van der Waals surface area contributed by atoms with Crippen LogP contribution in [0.25, 0.3) is 10.8 Å². The number of nitrogens with zero attached hydrogens (tertiary/aromatic N) is 1. The standard InChI is InChI=1S/C18H23N3O4S/c22-18(23)20-10-13-4-6-14(7-5-13)11-21-26(24,25)17-3-1-2-15-12-19-9-8-16(15)17/h1-3,8-9,12-14,20-21H,4-7,10-11H2,(H,22,23). The minimum Gasteiger partial charge on any atom is -0.465 e. The molecule has 140 valence electrons. The van der Waals surface area contributed by atoms with E-state index >= 15 is 0 Å². The zero-order valence-corrected chi connectivity index (χ0v) is 15.2. The molecular formula is C18H23N3O4S. The fourth-order valence-corrected chi connectivity index (χ4v) is 4.85. The summed E-state index contributed by atoms with van der Waals surface area (Å²) in [5.74, 6) is 0.618. The third-order valence-corrected chi connectivity index (χ3v) is 6.48. The summed E-state index contributed by atoms with van der Waals surface area (Å²) in [4.78, 5) is 14.9. The molecule has 0 saturated heterocycles. The molecule has 1 amide bonds. The summed E-state index contributed by atoms with van der Waals surface area (Å²) >= 11 is 0. The Balaban J connectivity index is 1.58. The number of pyridine rings is 1. The van der Waals surface area contributed by atoms with Crippen molar-refractivity contribution in [2.75, 3.05) is 13.1 Å². The van der Waals surface area contributed by atoms with Gasteiger partial charge in [-0.25, -0.2) is 17.9 Å². The Bertz CT molecular complexity index is 872. The van der Waals surface area contributed by atoms with Crippen LogP contribution >= 0.6 is 0 Å². The van der Waals surface area contributed by atoms with E-state index in [0.717, 1.165) is 31.1 Å². The van der Waals surface area contributed by atoms with Crippen LogP contribution in [0.3, 0.4) is 0 Å². The number of nitrogens with one attached hydrogen (secondary N) is 2. The average Bonchev–Trinajstić information content (AvgIpc) is 2.65. The van der Waals surface area contributed by atoms with Gasteiger partial charge in [-0.1, -0.05) is 12.1 Å². The fraction of sp³-hybridized carbons (Fsp3) is 0.444. The minimum atomic E-state index is -3.59. The van der Waals surface area contributed by atoms with Crippen LogP contribution < -0.4 is 10.0 Å². The number of hydrogen-bond donors (Lipinski definition) is 3. The fourth-order valence-electron chi connectivity index (χ4n) is 3.50. The SMILES string of the molecule is O=C(O)NCC1CCC(CNS(=O)(=O)c2cccc3cnccc23)CC1. The van der Waals surface area contributed by atoms with Gasteiger partial charge < -0.3 is 10.4 Å². The Morgan fingerprint density at radius 3 is 2.50 bits per heavy atom. The molecule has 1 aromatic carbocycles. The van der Waals surface area contributed by atoms with Crippen molar-refractivity contribution in [3.63, 3.8) is 0 Å².